The van der Waals surface area contributed by atoms with E-state index in [1.54, 1.807) is 31.6 Å². The van der Waals surface area contributed by atoms with Crippen LogP contribution in [0.5, 0.6) is 5.75 Å². The molecule has 0 amide bonds. The van der Waals surface area contributed by atoms with E-state index in [0.717, 1.165) is 5.56 Å². The van der Waals surface area contributed by atoms with Crippen LogP contribution in [0.2, 0.25) is 0 Å². The first kappa shape index (κ1) is 12.6. The van der Waals surface area contributed by atoms with E-state index in [9.17, 15) is 4.79 Å². The van der Waals surface area contributed by atoms with Gasteiger partial charge in [-0.1, -0.05) is 0 Å². The molecule has 0 fully saturated rings. The van der Waals surface area contributed by atoms with Crippen molar-refractivity contribution in [1.29, 1.82) is 0 Å². The van der Waals surface area contributed by atoms with Gasteiger partial charge in [0.1, 0.15) is 17.1 Å². The van der Waals surface area contributed by atoms with Gasteiger partial charge in [0.15, 0.2) is 0 Å². The van der Waals surface area contributed by atoms with Crippen LogP contribution in [-0.4, -0.2) is 27.3 Å². The molecule has 0 spiro atoms. The topological polar surface area (TPSA) is 67.9 Å². The summed E-state index contributed by atoms with van der Waals surface area (Å²) >= 11 is 5.59. The zero-order valence-corrected chi connectivity index (χ0v) is 11.3. The van der Waals surface area contributed by atoms with E-state index in [0.29, 0.717) is 28.2 Å². The summed E-state index contributed by atoms with van der Waals surface area (Å²) < 4.78 is 5.26. The Bertz CT molecular complexity index is 784. The van der Waals surface area contributed by atoms with Gasteiger partial charge in [0.2, 0.25) is 0 Å². The van der Waals surface area contributed by atoms with Crippen molar-refractivity contribution in [2.45, 2.75) is 0 Å². The fraction of sp³-hybridized carbons (Fsp3) is 0.0714. The third-order valence-corrected chi connectivity index (χ3v) is 3.18. The number of H-pyrrole nitrogens is 1. The van der Waals surface area contributed by atoms with Crippen LogP contribution in [-0.2, 0) is 0 Å². The van der Waals surface area contributed by atoms with Crippen molar-refractivity contribution in [3.63, 3.8) is 0 Å². The lowest BCUT2D eigenvalue weighted by atomic mass is 10.2. The van der Waals surface area contributed by atoms with Gasteiger partial charge in [0.05, 0.1) is 18.2 Å². The molecule has 1 N–H and O–H groups in total. The molecular formula is C14H10ClN3O2. The van der Waals surface area contributed by atoms with Crippen molar-refractivity contribution in [2.75, 3.05) is 7.11 Å². The number of nitrogens with one attached hydrogen (secondary N) is 1. The van der Waals surface area contributed by atoms with Gasteiger partial charge >= 0.3 is 0 Å². The van der Waals surface area contributed by atoms with Gasteiger partial charge in [-0.3, -0.25) is 9.78 Å². The normalized spacial score (nSPS) is 10.7. The van der Waals surface area contributed by atoms with Gasteiger partial charge in [-0.2, -0.15) is 0 Å². The smallest absolute Gasteiger partial charge is 0.254 e. The highest BCUT2D eigenvalue weighted by atomic mass is 35.5. The van der Waals surface area contributed by atoms with Gasteiger partial charge in [0, 0.05) is 18.0 Å². The Balaban J connectivity index is 2.28. The number of carbonyl (C=O) groups is 1. The number of benzene rings is 1. The molecule has 1 aromatic carbocycles. The molecule has 0 bridgehead atoms. The Labute approximate surface area is 119 Å². The maximum atomic E-state index is 11.5. The molecule has 0 atom stereocenters. The molecule has 2 heterocycles. The van der Waals surface area contributed by atoms with Gasteiger partial charge in [-0.05, 0) is 35.9 Å². The quantitative estimate of drug-likeness (QED) is 0.752. The Morgan fingerprint density at radius 3 is 2.85 bits per heavy atom. The predicted octanol–water partition coefficient (Wildman–Crippen LogP) is 3.01. The average molecular weight is 288 g/mol. The summed E-state index contributed by atoms with van der Waals surface area (Å²) in [5.74, 6) is 1.19. The number of aromatic amines is 1. The molecule has 2 aromatic heterocycles. The van der Waals surface area contributed by atoms with Crippen LogP contribution in [0, 0.1) is 0 Å². The third-order valence-electron chi connectivity index (χ3n) is 2.97. The van der Waals surface area contributed by atoms with Crippen LogP contribution >= 0.6 is 11.6 Å². The highest BCUT2D eigenvalue weighted by Crippen LogP contribution is 2.30. The average Bonchev–Trinajstić information content (AvgIpc) is 2.91. The number of ether oxygens (including phenoxy) is 1. The number of rotatable bonds is 3. The molecule has 0 aliphatic carbocycles. The largest absolute Gasteiger partial charge is 0.494 e. The number of fused-ring (bicyclic) bond motifs is 1. The molecule has 0 unspecified atom stereocenters. The van der Waals surface area contributed by atoms with Crippen LogP contribution in [0.15, 0.2) is 36.7 Å². The molecule has 3 aromatic rings. The fourth-order valence-electron chi connectivity index (χ4n) is 2.04. The van der Waals surface area contributed by atoms with Crippen molar-refractivity contribution >= 4 is 27.9 Å². The first-order valence-electron chi connectivity index (χ1n) is 5.87. The van der Waals surface area contributed by atoms with Crippen LogP contribution in [0.1, 0.15) is 10.4 Å². The predicted molar refractivity (Wildman–Crippen MR) is 76.1 cm³/mol. The minimum atomic E-state index is -0.543. The number of hydrogen-bond acceptors (Lipinski definition) is 4. The molecule has 5 nitrogen and oxygen atoms in total. The van der Waals surface area contributed by atoms with Gasteiger partial charge in [-0.15, -0.1) is 0 Å². The molecule has 3 rings (SSSR count). The molecule has 6 heteroatoms. The Kier molecular flexibility index (Phi) is 3.12. The summed E-state index contributed by atoms with van der Waals surface area (Å²) in [6.07, 6.45) is 3.37. The minimum absolute atomic E-state index is 0.366. The first-order valence-corrected chi connectivity index (χ1v) is 6.25. The second-order valence-corrected chi connectivity index (χ2v) is 4.48. The molecule has 0 saturated heterocycles. The lowest BCUT2D eigenvalue weighted by Crippen LogP contribution is -1.92. The first-order chi connectivity index (χ1) is 9.70. The van der Waals surface area contributed by atoms with Crippen LogP contribution in [0.4, 0.5) is 0 Å². The minimum Gasteiger partial charge on any atom is -0.494 e. The van der Waals surface area contributed by atoms with E-state index in [4.69, 9.17) is 16.3 Å². The third kappa shape index (κ3) is 2.02. The van der Waals surface area contributed by atoms with Crippen LogP contribution in [0.25, 0.3) is 22.4 Å². The number of hydrogen-bond donors (Lipinski definition) is 1. The SMILES string of the molecule is COc1ccc(C(=O)Cl)c2[nH]c(-c3cccnc3)nc12. The van der Waals surface area contributed by atoms with E-state index < -0.39 is 5.24 Å². The fourth-order valence-corrected chi connectivity index (χ4v) is 2.19. The van der Waals surface area contributed by atoms with Crippen molar-refractivity contribution in [3.8, 4) is 17.1 Å². The van der Waals surface area contributed by atoms with Crippen molar-refractivity contribution < 1.29 is 9.53 Å². The summed E-state index contributed by atoms with van der Waals surface area (Å²) in [4.78, 5) is 23.1. The number of nitrogens with zero attached hydrogens (tertiary/aromatic N) is 2. The second kappa shape index (κ2) is 4.94. The van der Waals surface area contributed by atoms with E-state index >= 15 is 0 Å². The summed E-state index contributed by atoms with van der Waals surface area (Å²) in [5.41, 5.74) is 2.31. The Morgan fingerprint density at radius 1 is 1.35 bits per heavy atom. The van der Waals surface area contributed by atoms with Crippen LogP contribution < -0.4 is 4.74 Å². The van der Waals surface area contributed by atoms with Crippen molar-refractivity contribution in [3.05, 3.63) is 42.2 Å². The standard InChI is InChI=1S/C14H10ClN3O2/c1-20-10-5-4-9(13(15)19)11-12(10)18-14(17-11)8-3-2-6-16-7-8/h2-7H,1H3,(H,17,18). The number of pyridine rings is 1. The summed E-state index contributed by atoms with van der Waals surface area (Å²) in [6, 6.07) is 6.97. The monoisotopic (exact) mass is 287 g/mol. The summed E-state index contributed by atoms with van der Waals surface area (Å²) in [7, 11) is 1.55. The number of halogens is 1. The summed E-state index contributed by atoms with van der Waals surface area (Å²) in [5, 5.41) is -0.543. The zero-order valence-electron chi connectivity index (χ0n) is 10.6. The Morgan fingerprint density at radius 2 is 2.20 bits per heavy atom. The maximum absolute atomic E-state index is 11.5. The summed E-state index contributed by atoms with van der Waals surface area (Å²) in [6.45, 7) is 0. The molecule has 0 aliphatic heterocycles. The molecule has 0 saturated carbocycles. The number of imidazole rings is 1. The van der Waals surface area contributed by atoms with Crippen LogP contribution in [0.3, 0.4) is 0 Å². The maximum Gasteiger partial charge on any atom is 0.254 e. The lowest BCUT2D eigenvalue weighted by Gasteiger charge is -2.02. The molecule has 20 heavy (non-hydrogen) atoms. The van der Waals surface area contributed by atoms with E-state index in [1.165, 1.54) is 0 Å². The number of carbonyl (C=O) groups excluding carboxylic acids is 1. The van der Waals surface area contributed by atoms with Gasteiger partial charge in [-0.25, -0.2) is 4.98 Å². The van der Waals surface area contributed by atoms with E-state index in [2.05, 4.69) is 15.0 Å². The Hall–Kier alpha value is -2.40. The van der Waals surface area contributed by atoms with Crippen molar-refractivity contribution in [2.24, 2.45) is 0 Å². The van der Waals surface area contributed by atoms with Gasteiger partial charge in [0.25, 0.3) is 5.24 Å². The van der Waals surface area contributed by atoms with E-state index in [-0.39, 0.29) is 0 Å². The highest BCUT2D eigenvalue weighted by Gasteiger charge is 2.16. The van der Waals surface area contributed by atoms with Crippen molar-refractivity contribution in [1.82, 2.24) is 15.0 Å². The second-order valence-electron chi connectivity index (χ2n) is 4.14. The highest BCUT2D eigenvalue weighted by molar-refractivity contribution is 6.68. The molecule has 0 radical (unpaired) electrons. The number of aromatic nitrogens is 3. The number of methoxy groups -OCH3 is 1. The van der Waals surface area contributed by atoms with E-state index in [1.807, 2.05) is 12.1 Å². The lowest BCUT2D eigenvalue weighted by molar-refractivity contribution is 0.108. The van der Waals surface area contributed by atoms with Gasteiger partial charge < -0.3 is 9.72 Å². The zero-order chi connectivity index (χ0) is 14.1. The molecule has 0 aliphatic rings. The molecular weight excluding hydrogens is 278 g/mol. The molecule has 100 valence electrons.